The Morgan fingerprint density at radius 3 is 2.32 bits per heavy atom. The van der Waals surface area contributed by atoms with Crippen LogP contribution in [-0.2, 0) is 16.0 Å². The molecule has 9 heteroatoms. The minimum atomic E-state index is -0.940. The van der Waals surface area contributed by atoms with Gasteiger partial charge in [0.1, 0.15) is 17.0 Å². The number of hydrogen-bond donors (Lipinski definition) is 2. The van der Waals surface area contributed by atoms with Crippen LogP contribution in [0, 0.1) is 0 Å². The molecule has 2 N–H and O–H groups in total. The molecule has 0 bridgehead atoms. The highest BCUT2D eigenvalue weighted by Gasteiger charge is 2.23. The number of aromatic nitrogens is 1. The smallest absolute Gasteiger partial charge is 0.407 e. The lowest BCUT2D eigenvalue weighted by Crippen LogP contribution is -2.33. The van der Waals surface area contributed by atoms with Crippen LogP contribution >= 0.6 is 0 Å². The van der Waals surface area contributed by atoms with Gasteiger partial charge < -0.3 is 24.8 Å². The fourth-order valence-corrected chi connectivity index (χ4v) is 4.48. The molecule has 44 heavy (non-hydrogen) atoms. The van der Waals surface area contributed by atoms with E-state index in [1.54, 1.807) is 36.5 Å². The van der Waals surface area contributed by atoms with Crippen LogP contribution in [-0.4, -0.2) is 46.8 Å². The Balaban J connectivity index is 1.53. The Morgan fingerprint density at radius 1 is 0.886 bits per heavy atom. The number of carbonyl (C=O) groups is 3. The maximum atomic E-state index is 13.8. The number of carboxylic acid groups (broad SMARTS) is 1. The third kappa shape index (κ3) is 9.42. The van der Waals surface area contributed by atoms with Crippen LogP contribution in [0.25, 0.3) is 11.1 Å². The zero-order valence-corrected chi connectivity index (χ0v) is 25.2. The van der Waals surface area contributed by atoms with Crippen LogP contribution in [0.1, 0.15) is 49.5 Å². The quantitative estimate of drug-likeness (QED) is 0.179. The van der Waals surface area contributed by atoms with E-state index in [2.05, 4.69) is 10.3 Å². The molecule has 3 aromatic carbocycles. The molecule has 0 aliphatic rings. The van der Waals surface area contributed by atoms with E-state index in [0.29, 0.717) is 30.0 Å². The number of pyridine rings is 1. The average molecular weight is 596 g/mol. The Labute approximate surface area is 257 Å². The van der Waals surface area contributed by atoms with Gasteiger partial charge in [0.25, 0.3) is 5.91 Å². The summed E-state index contributed by atoms with van der Waals surface area (Å²) in [5.41, 5.74) is 3.24. The SMILES string of the molecule is CC(C)(C)OC(=O)NCCc1cccc(Oc2ncccc2N(CCCC(=O)O)C(=O)c2ccc(-c3ccccc3)cc2)c1. The third-order valence-corrected chi connectivity index (χ3v) is 6.49. The summed E-state index contributed by atoms with van der Waals surface area (Å²) in [6.45, 7) is 5.96. The maximum Gasteiger partial charge on any atom is 0.407 e. The van der Waals surface area contributed by atoms with Crippen LogP contribution in [0.2, 0.25) is 0 Å². The lowest BCUT2D eigenvalue weighted by Gasteiger charge is -2.24. The molecule has 0 saturated heterocycles. The van der Waals surface area contributed by atoms with E-state index >= 15 is 0 Å². The highest BCUT2D eigenvalue weighted by Crippen LogP contribution is 2.32. The van der Waals surface area contributed by atoms with Crippen molar-refractivity contribution in [3.63, 3.8) is 0 Å². The number of anilines is 1. The standard InChI is InChI=1S/C35H37N3O6/c1-35(2,3)44-34(42)37-22-20-25-10-7-13-29(24-25)43-32-30(14-8-21-36-32)38(23-9-15-31(39)40)33(41)28-18-16-27(17-19-28)26-11-5-4-6-12-26/h4-8,10-14,16-19,21,24H,9,15,20,22-23H2,1-3H3,(H,37,42)(H,39,40). The van der Waals surface area contributed by atoms with Gasteiger partial charge in [-0.1, -0.05) is 54.6 Å². The average Bonchev–Trinajstić information content (AvgIpc) is 2.99. The van der Waals surface area contributed by atoms with Crippen LogP contribution in [0.5, 0.6) is 11.6 Å². The summed E-state index contributed by atoms with van der Waals surface area (Å²) < 4.78 is 11.5. The molecule has 1 heterocycles. The third-order valence-electron chi connectivity index (χ3n) is 6.49. The van der Waals surface area contributed by atoms with Gasteiger partial charge in [0.15, 0.2) is 0 Å². The van der Waals surface area contributed by atoms with Crippen molar-refractivity contribution in [3.05, 3.63) is 108 Å². The van der Waals surface area contributed by atoms with Gasteiger partial charge in [0.2, 0.25) is 5.88 Å². The van der Waals surface area contributed by atoms with E-state index in [4.69, 9.17) is 9.47 Å². The minimum absolute atomic E-state index is 0.0907. The predicted octanol–water partition coefficient (Wildman–Crippen LogP) is 7.12. The second-order valence-electron chi connectivity index (χ2n) is 11.2. The predicted molar refractivity (Wildman–Crippen MR) is 169 cm³/mol. The first-order chi connectivity index (χ1) is 21.1. The van der Waals surface area contributed by atoms with Crippen molar-refractivity contribution in [2.45, 2.75) is 45.6 Å². The lowest BCUT2D eigenvalue weighted by atomic mass is 10.0. The maximum absolute atomic E-state index is 13.8. The van der Waals surface area contributed by atoms with Crippen LogP contribution in [0.4, 0.5) is 10.5 Å². The van der Waals surface area contributed by atoms with Crippen molar-refractivity contribution >= 4 is 23.7 Å². The van der Waals surface area contributed by atoms with E-state index in [9.17, 15) is 19.5 Å². The molecular formula is C35H37N3O6. The lowest BCUT2D eigenvalue weighted by molar-refractivity contribution is -0.137. The van der Waals surface area contributed by atoms with E-state index in [-0.39, 0.29) is 31.2 Å². The molecule has 0 fully saturated rings. The summed E-state index contributed by atoms with van der Waals surface area (Å²) >= 11 is 0. The first-order valence-electron chi connectivity index (χ1n) is 14.5. The molecule has 0 atom stereocenters. The number of nitrogens with zero attached hydrogens (tertiary/aromatic N) is 2. The number of carbonyl (C=O) groups excluding carboxylic acids is 2. The molecule has 0 aliphatic carbocycles. The van der Waals surface area contributed by atoms with Crippen LogP contribution in [0.3, 0.4) is 0 Å². The number of benzene rings is 3. The number of carboxylic acids is 1. The number of hydrogen-bond acceptors (Lipinski definition) is 6. The largest absolute Gasteiger partial charge is 0.481 e. The normalized spacial score (nSPS) is 11.0. The fourth-order valence-electron chi connectivity index (χ4n) is 4.48. The molecular weight excluding hydrogens is 558 g/mol. The molecule has 0 aliphatic heterocycles. The number of ether oxygens (including phenoxy) is 2. The van der Waals surface area contributed by atoms with Gasteiger partial charge in [-0.25, -0.2) is 9.78 Å². The second kappa shape index (κ2) is 14.8. The van der Waals surface area contributed by atoms with Gasteiger partial charge in [0.05, 0.1) is 0 Å². The Hall–Kier alpha value is -5.18. The van der Waals surface area contributed by atoms with Crippen molar-refractivity contribution in [2.75, 3.05) is 18.0 Å². The Morgan fingerprint density at radius 2 is 1.61 bits per heavy atom. The van der Waals surface area contributed by atoms with Crippen molar-refractivity contribution < 1.29 is 29.0 Å². The molecule has 9 nitrogen and oxygen atoms in total. The van der Waals surface area contributed by atoms with Crippen molar-refractivity contribution in [1.29, 1.82) is 0 Å². The number of amides is 2. The molecule has 4 aromatic rings. The van der Waals surface area contributed by atoms with Gasteiger partial charge in [-0.05, 0) is 86.7 Å². The van der Waals surface area contributed by atoms with Gasteiger partial charge in [0, 0.05) is 31.3 Å². The molecule has 4 rings (SSSR count). The molecule has 2 amide bonds. The summed E-state index contributed by atoms with van der Waals surface area (Å²) in [7, 11) is 0. The summed E-state index contributed by atoms with van der Waals surface area (Å²) in [6, 6.07) is 28.0. The summed E-state index contributed by atoms with van der Waals surface area (Å²) in [5.74, 6) is -0.522. The van der Waals surface area contributed by atoms with E-state index in [1.165, 1.54) is 4.90 Å². The van der Waals surface area contributed by atoms with E-state index in [1.807, 2.05) is 81.4 Å². The monoisotopic (exact) mass is 595 g/mol. The molecule has 0 saturated carbocycles. The highest BCUT2D eigenvalue weighted by molar-refractivity contribution is 6.07. The molecule has 0 spiro atoms. The highest BCUT2D eigenvalue weighted by atomic mass is 16.6. The zero-order valence-electron chi connectivity index (χ0n) is 25.2. The van der Waals surface area contributed by atoms with Gasteiger partial charge in [-0.3, -0.25) is 9.59 Å². The van der Waals surface area contributed by atoms with E-state index < -0.39 is 17.7 Å². The van der Waals surface area contributed by atoms with E-state index in [0.717, 1.165) is 16.7 Å². The van der Waals surface area contributed by atoms with Gasteiger partial charge in [-0.2, -0.15) is 0 Å². The Bertz CT molecular complexity index is 1570. The molecule has 0 radical (unpaired) electrons. The molecule has 0 unspecified atom stereocenters. The fraction of sp³-hybridized carbons (Fsp3) is 0.257. The van der Waals surface area contributed by atoms with Crippen molar-refractivity contribution in [1.82, 2.24) is 10.3 Å². The van der Waals surface area contributed by atoms with Crippen LogP contribution < -0.4 is 15.0 Å². The van der Waals surface area contributed by atoms with Gasteiger partial charge in [-0.15, -0.1) is 0 Å². The van der Waals surface area contributed by atoms with Crippen LogP contribution in [0.15, 0.2) is 97.2 Å². The number of nitrogens with one attached hydrogen (secondary N) is 1. The van der Waals surface area contributed by atoms with Gasteiger partial charge >= 0.3 is 12.1 Å². The summed E-state index contributed by atoms with van der Waals surface area (Å²) in [4.78, 5) is 43.0. The first-order valence-corrected chi connectivity index (χ1v) is 14.5. The molecule has 1 aromatic heterocycles. The molecule has 228 valence electrons. The van der Waals surface area contributed by atoms with Crippen molar-refractivity contribution in [3.8, 4) is 22.8 Å². The Kier molecular flexibility index (Phi) is 10.7. The second-order valence-corrected chi connectivity index (χ2v) is 11.2. The first kappa shape index (κ1) is 31.7. The summed E-state index contributed by atoms with van der Waals surface area (Å²) in [6.07, 6.45) is 1.79. The summed E-state index contributed by atoms with van der Waals surface area (Å²) in [5, 5.41) is 12.0. The number of rotatable bonds is 12. The topological polar surface area (TPSA) is 118 Å². The number of aliphatic carboxylic acids is 1. The minimum Gasteiger partial charge on any atom is -0.481 e. The van der Waals surface area contributed by atoms with Crippen molar-refractivity contribution in [2.24, 2.45) is 0 Å². The zero-order chi connectivity index (χ0) is 31.5. The number of alkyl carbamates (subject to hydrolysis) is 1.